The molecule has 0 aromatic heterocycles. The van der Waals surface area contributed by atoms with Gasteiger partial charge in [0.15, 0.2) is 0 Å². The van der Waals surface area contributed by atoms with Crippen LogP contribution in [0.3, 0.4) is 0 Å². The van der Waals surface area contributed by atoms with Gasteiger partial charge in [-0.15, -0.1) is 0 Å². The van der Waals surface area contributed by atoms with Gasteiger partial charge in [-0.2, -0.15) is 0 Å². The second-order valence-corrected chi connectivity index (χ2v) is 9.89. The molecule has 1 heterocycles. The zero-order valence-electron chi connectivity index (χ0n) is 7.89. The predicted octanol–water partition coefficient (Wildman–Crippen LogP) is 1.20. The molecular formula is C8H19NOSi. The average Bonchev–Trinajstić information content (AvgIpc) is 1.85. The van der Waals surface area contributed by atoms with E-state index in [1.54, 1.807) is 0 Å². The van der Waals surface area contributed by atoms with Gasteiger partial charge >= 0.3 is 0 Å². The fourth-order valence-corrected chi connectivity index (χ4v) is 3.09. The smallest absolute Gasteiger partial charge is 0.0599 e. The standard InChI is InChI=1S/C8H19NOSi/c1-11(2,3)8-9-4-6-10-7-5-9/h4-8H2,1-3H3. The van der Waals surface area contributed by atoms with Crippen molar-refractivity contribution in [2.24, 2.45) is 0 Å². The summed E-state index contributed by atoms with van der Waals surface area (Å²) in [4.78, 5) is 2.54. The Bertz CT molecular complexity index is 116. The average molecular weight is 173 g/mol. The molecular weight excluding hydrogens is 154 g/mol. The van der Waals surface area contributed by atoms with Gasteiger partial charge in [0.05, 0.1) is 21.3 Å². The minimum atomic E-state index is -0.874. The van der Waals surface area contributed by atoms with Crippen LogP contribution in [0.1, 0.15) is 0 Å². The Kier molecular flexibility index (Phi) is 3.10. The van der Waals surface area contributed by atoms with Crippen LogP contribution in [0.2, 0.25) is 19.6 Å². The summed E-state index contributed by atoms with van der Waals surface area (Å²) >= 11 is 0. The van der Waals surface area contributed by atoms with Gasteiger partial charge in [0.25, 0.3) is 0 Å². The SMILES string of the molecule is C[Si](C)(C)CN1CCOCC1. The third-order valence-electron chi connectivity index (χ3n) is 1.80. The molecule has 66 valence electrons. The topological polar surface area (TPSA) is 12.5 Å². The normalized spacial score (nSPS) is 22.1. The largest absolute Gasteiger partial charge is 0.379 e. The number of nitrogens with zero attached hydrogens (tertiary/aromatic N) is 1. The zero-order chi connectivity index (χ0) is 8.32. The van der Waals surface area contributed by atoms with E-state index in [4.69, 9.17) is 4.74 Å². The second-order valence-electron chi connectivity index (χ2n) is 4.45. The van der Waals surface area contributed by atoms with Crippen molar-refractivity contribution in [1.29, 1.82) is 0 Å². The van der Waals surface area contributed by atoms with Crippen LogP contribution >= 0.6 is 0 Å². The maximum atomic E-state index is 5.29. The van der Waals surface area contributed by atoms with Crippen molar-refractivity contribution in [2.75, 3.05) is 32.5 Å². The first-order chi connectivity index (χ1) is 5.08. The van der Waals surface area contributed by atoms with Gasteiger partial charge in [-0.1, -0.05) is 19.6 Å². The number of ether oxygens (including phenoxy) is 1. The van der Waals surface area contributed by atoms with Gasteiger partial charge < -0.3 is 9.64 Å². The Morgan fingerprint density at radius 1 is 1.18 bits per heavy atom. The second kappa shape index (κ2) is 3.69. The van der Waals surface area contributed by atoms with Crippen molar-refractivity contribution in [3.05, 3.63) is 0 Å². The summed E-state index contributed by atoms with van der Waals surface area (Å²) in [7, 11) is -0.874. The Morgan fingerprint density at radius 2 is 1.73 bits per heavy atom. The summed E-state index contributed by atoms with van der Waals surface area (Å²) in [6.45, 7) is 11.4. The lowest BCUT2D eigenvalue weighted by Gasteiger charge is -2.31. The summed E-state index contributed by atoms with van der Waals surface area (Å²) in [5, 5.41) is 0. The molecule has 1 fully saturated rings. The summed E-state index contributed by atoms with van der Waals surface area (Å²) in [5.74, 6) is 0. The van der Waals surface area contributed by atoms with Gasteiger partial charge in [-0.25, -0.2) is 0 Å². The van der Waals surface area contributed by atoms with Gasteiger partial charge in [-0.05, 0) is 6.17 Å². The highest BCUT2D eigenvalue weighted by molar-refractivity contribution is 6.76. The van der Waals surface area contributed by atoms with Crippen molar-refractivity contribution in [3.8, 4) is 0 Å². The van der Waals surface area contributed by atoms with E-state index in [1.165, 1.54) is 6.17 Å². The van der Waals surface area contributed by atoms with Crippen molar-refractivity contribution < 1.29 is 4.74 Å². The molecule has 0 aliphatic carbocycles. The van der Waals surface area contributed by atoms with Gasteiger partial charge in [0.1, 0.15) is 0 Å². The van der Waals surface area contributed by atoms with Crippen LogP contribution in [-0.4, -0.2) is 45.4 Å². The lowest BCUT2D eigenvalue weighted by Crippen LogP contribution is -2.45. The van der Waals surface area contributed by atoms with E-state index in [9.17, 15) is 0 Å². The quantitative estimate of drug-likeness (QED) is 0.582. The van der Waals surface area contributed by atoms with Crippen molar-refractivity contribution >= 4 is 8.07 Å². The first-order valence-corrected chi connectivity index (χ1v) is 8.09. The molecule has 0 amide bonds. The summed E-state index contributed by atoms with van der Waals surface area (Å²) in [5.41, 5.74) is 0. The summed E-state index contributed by atoms with van der Waals surface area (Å²) in [6, 6.07) is 0. The number of hydrogen-bond donors (Lipinski definition) is 0. The predicted molar refractivity (Wildman–Crippen MR) is 50.6 cm³/mol. The van der Waals surface area contributed by atoms with Crippen LogP contribution in [0.25, 0.3) is 0 Å². The molecule has 0 bridgehead atoms. The third kappa shape index (κ3) is 3.89. The van der Waals surface area contributed by atoms with E-state index in [2.05, 4.69) is 24.5 Å². The van der Waals surface area contributed by atoms with E-state index in [-0.39, 0.29) is 0 Å². The minimum absolute atomic E-state index is 0.874. The molecule has 1 aliphatic heterocycles. The van der Waals surface area contributed by atoms with Gasteiger partial charge in [0.2, 0.25) is 0 Å². The monoisotopic (exact) mass is 173 g/mol. The molecule has 1 rings (SSSR count). The fourth-order valence-electron chi connectivity index (χ4n) is 1.43. The molecule has 0 unspecified atom stereocenters. The molecule has 1 aliphatic rings. The van der Waals surface area contributed by atoms with Crippen LogP contribution in [0.15, 0.2) is 0 Å². The highest BCUT2D eigenvalue weighted by atomic mass is 28.3. The molecule has 0 radical (unpaired) electrons. The van der Waals surface area contributed by atoms with Gasteiger partial charge in [0, 0.05) is 13.1 Å². The molecule has 0 aromatic carbocycles. The van der Waals surface area contributed by atoms with Crippen molar-refractivity contribution in [1.82, 2.24) is 4.90 Å². The first-order valence-electron chi connectivity index (χ1n) is 4.38. The third-order valence-corrected chi connectivity index (χ3v) is 3.20. The first kappa shape index (κ1) is 9.23. The summed E-state index contributed by atoms with van der Waals surface area (Å²) in [6.07, 6.45) is 1.33. The number of rotatable bonds is 2. The van der Waals surface area contributed by atoms with E-state index in [0.717, 1.165) is 26.3 Å². The molecule has 1 saturated heterocycles. The number of hydrogen-bond acceptors (Lipinski definition) is 2. The highest BCUT2D eigenvalue weighted by Crippen LogP contribution is 2.05. The van der Waals surface area contributed by atoms with Crippen LogP contribution in [0.5, 0.6) is 0 Å². The lowest BCUT2D eigenvalue weighted by atomic mass is 10.5. The van der Waals surface area contributed by atoms with Crippen LogP contribution in [-0.2, 0) is 4.74 Å². The molecule has 2 nitrogen and oxygen atoms in total. The Balaban J connectivity index is 2.24. The molecule has 0 atom stereocenters. The molecule has 0 N–H and O–H groups in total. The maximum Gasteiger partial charge on any atom is 0.0599 e. The van der Waals surface area contributed by atoms with Crippen LogP contribution < -0.4 is 0 Å². The maximum absolute atomic E-state index is 5.29. The Morgan fingerprint density at radius 3 is 2.18 bits per heavy atom. The minimum Gasteiger partial charge on any atom is -0.379 e. The van der Waals surface area contributed by atoms with E-state index in [0.29, 0.717) is 0 Å². The Hall–Kier alpha value is 0.137. The van der Waals surface area contributed by atoms with Gasteiger partial charge in [-0.3, -0.25) is 0 Å². The molecule has 0 aromatic rings. The van der Waals surface area contributed by atoms with E-state index in [1.807, 2.05) is 0 Å². The molecule has 3 heteroatoms. The van der Waals surface area contributed by atoms with Crippen LogP contribution in [0, 0.1) is 0 Å². The summed E-state index contributed by atoms with van der Waals surface area (Å²) < 4.78 is 5.29. The zero-order valence-corrected chi connectivity index (χ0v) is 8.89. The van der Waals surface area contributed by atoms with Crippen molar-refractivity contribution in [3.63, 3.8) is 0 Å². The molecule has 0 saturated carbocycles. The highest BCUT2D eigenvalue weighted by Gasteiger charge is 2.19. The molecule has 0 spiro atoms. The Labute approximate surface area is 70.5 Å². The van der Waals surface area contributed by atoms with E-state index >= 15 is 0 Å². The van der Waals surface area contributed by atoms with Crippen LogP contribution in [0.4, 0.5) is 0 Å². The van der Waals surface area contributed by atoms with Crippen molar-refractivity contribution in [2.45, 2.75) is 19.6 Å². The number of morpholine rings is 1. The molecule has 11 heavy (non-hydrogen) atoms. The van der Waals surface area contributed by atoms with E-state index < -0.39 is 8.07 Å². The lowest BCUT2D eigenvalue weighted by molar-refractivity contribution is 0.0456. The fraction of sp³-hybridized carbons (Fsp3) is 1.00.